The van der Waals surface area contributed by atoms with Crippen LogP contribution in [-0.2, 0) is 18.3 Å². The van der Waals surface area contributed by atoms with Gasteiger partial charge in [0.15, 0.2) is 11.7 Å². The molecule has 8 nitrogen and oxygen atoms in total. The van der Waals surface area contributed by atoms with Gasteiger partial charge in [-0.15, -0.1) is 0 Å². The smallest absolute Gasteiger partial charge is 0.233 e. The molecule has 0 radical (unpaired) electrons. The summed E-state index contributed by atoms with van der Waals surface area (Å²) in [6, 6.07) is 0. The molecule has 1 aliphatic carbocycles. The van der Waals surface area contributed by atoms with Gasteiger partial charge >= 0.3 is 0 Å². The second-order valence-electron chi connectivity index (χ2n) is 4.41. The van der Waals surface area contributed by atoms with E-state index in [1.54, 1.807) is 18.1 Å². The second kappa shape index (κ2) is 4.63. The maximum atomic E-state index is 11.9. The second-order valence-corrected chi connectivity index (χ2v) is 4.41. The van der Waals surface area contributed by atoms with Gasteiger partial charge in [-0.2, -0.15) is 5.10 Å². The first-order valence-corrected chi connectivity index (χ1v) is 5.69. The average molecular weight is 252 g/mol. The first-order valence-electron chi connectivity index (χ1n) is 5.69. The number of carbonyl (C=O) groups excluding carboxylic acids is 1. The molecule has 1 aromatic heterocycles. The van der Waals surface area contributed by atoms with Crippen LogP contribution in [0.3, 0.4) is 0 Å². The fraction of sp³-hybridized carbons (Fsp3) is 0.600. The van der Waals surface area contributed by atoms with Crippen LogP contribution in [0.2, 0.25) is 0 Å². The summed E-state index contributed by atoms with van der Waals surface area (Å²) in [5.41, 5.74) is 4.71. The van der Waals surface area contributed by atoms with Gasteiger partial charge in [0.1, 0.15) is 11.7 Å². The number of nitrogens with two attached hydrogens (primary N) is 1. The van der Waals surface area contributed by atoms with Gasteiger partial charge in [-0.25, -0.2) is 4.98 Å². The van der Waals surface area contributed by atoms with Gasteiger partial charge in [0.25, 0.3) is 0 Å². The van der Waals surface area contributed by atoms with E-state index in [0.717, 1.165) is 0 Å². The van der Waals surface area contributed by atoms with Crippen LogP contribution in [0.15, 0.2) is 11.5 Å². The van der Waals surface area contributed by atoms with Gasteiger partial charge in [0, 0.05) is 20.0 Å². The molecule has 2 rings (SSSR count). The van der Waals surface area contributed by atoms with Crippen molar-refractivity contribution in [2.75, 3.05) is 6.54 Å². The summed E-state index contributed by atoms with van der Waals surface area (Å²) in [7, 11) is 1.78. The number of amidine groups is 1. The van der Waals surface area contributed by atoms with Crippen molar-refractivity contribution in [3.8, 4) is 0 Å². The van der Waals surface area contributed by atoms with Crippen LogP contribution in [0.4, 0.5) is 0 Å². The van der Waals surface area contributed by atoms with Crippen molar-refractivity contribution in [1.82, 2.24) is 20.1 Å². The lowest BCUT2D eigenvalue weighted by molar-refractivity contribution is -0.124. The Hall–Kier alpha value is -2.12. The highest BCUT2D eigenvalue weighted by atomic mass is 16.4. The maximum absolute atomic E-state index is 11.9. The number of aryl methyl sites for hydroxylation is 1. The molecule has 18 heavy (non-hydrogen) atoms. The summed E-state index contributed by atoms with van der Waals surface area (Å²) in [5, 5.41) is 18.4. The predicted molar refractivity (Wildman–Crippen MR) is 62.8 cm³/mol. The van der Waals surface area contributed by atoms with E-state index in [4.69, 9.17) is 10.9 Å². The van der Waals surface area contributed by atoms with Gasteiger partial charge in [-0.3, -0.25) is 9.48 Å². The van der Waals surface area contributed by atoms with E-state index in [2.05, 4.69) is 20.6 Å². The van der Waals surface area contributed by atoms with Crippen LogP contribution < -0.4 is 11.1 Å². The molecule has 0 saturated heterocycles. The van der Waals surface area contributed by atoms with Crippen molar-refractivity contribution in [2.24, 2.45) is 23.4 Å². The number of oxime groups is 1. The number of amides is 1. The summed E-state index contributed by atoms with van der Waals surface area (Å²) in [6.07, 6.45) is 3.40. The Kier molecular flexibility index (Phi) is 3.17. The van der Waals surface area contributed by atoms with Crippen molar-refractivity contribution in [2.45, 2.75) is 19.3 Å². The van der Waals surface area contributed by atoms with Crippen LogP contribution in [-0.4, -0.2) is 38.3 Å². The van der Waals surface area contributed by atoms with Crippen LogP contribution in [0.5, 0.6) is 0 Å². The maximum Gasteiger partial charge on any atom is 0.233 e. The molecule has 0 aromatic carbocycles. The minimum Gasteiger partial charge on any atom is -0.409 e. The summed E-state index contributed by atoms with van der Waals surface area (Å²) < 4.78 is 1.61. The molecule has 1 aliphatic rings. The molecule has 1 heterocycles. The fourth-order valence-electron chi connectivity index (χ4n) is 1.78. The summed E-state index contributed by atoms with van der Waals surface area (Å²) >= 11 is 0. The summed E-state index contributed by atoms with van der Waals surface area (Å²) in [5.74, 6) is 0.455. The zero-order valence-electron chi connectivity index (χ0n) is 10.1. The van der Waals surface area contributed by atoms with Gasteiger partial charge in [-0.05, 0) is 12.8 Å². The summed E-state index contributed by atoms with van der Waals surface area (Å²) in [4.78, 5) is 15.9. The molecule has 8 heteroatoms. The normalized spacial score (nSPS) is 17.5. The lowest BCUT2D eigenvalue weighted by Gasteiger charge is -2.12. The first-order chi connectivity index (χ1) is 8.58. The van der Waals surface area contributed by atoms with Crippen LogP contribution in [0.1, 0.15) is 18.7 Å². The third kappa shape index (κ3) is 2.27. The van der Waals surface area contributed by atoms with E-state index in [0.29, 0.717) is 31.6 Å². The Bertz CT molecular complexity index is 476. The Morgan fingerprint density at radius 3 is 2.94 bits per heavy atom. The van der Waals surface area contributed by atoms with Gasteiger partial charge in [0.2, 0.25) is 5.91 Å². The molecule has 0 atom stereocenters. The standard InChI is InChI=1S/C10H16N6O2/c1-16-6-13-7(14-16)2-5-12-9(17)10(3-4-10)8(11)15-18/h6,18H,2-5H2,1H3,(H2,11,15)(H,12,17). The van der Waals surface area contributed by atoms with E-state index >= 15 is 0 Å². The Balaban J connectivity index is 1.82. The minimum atomic E-state index is -0.799. The lowest BCUT2D eigenvalue weighted by atomic mass is 10.1. The Morgan fingerprint density at radius 2 is 2.44 bits per heavy atom. The fourth-order valence-corrected chi connectivity index (χ4v) is 1.78. The van der Waals surface area contributed by atoms with Crippen molar-refractivity contribution in [3.63, 3.8) is 0 Å². The van der Waals surface area contributed by atoms with E-state index < -0.39 is 5.41 Å². The van der Waals surface area contributed by atoms with Crippen molar-refractivity contribution >= 4 is 11.7 Å². The van der Waals surface area contributed by atoms with Crippen LogP contribution in [0, 0.1) is 5.41 Å². The van der Waals surface area contributed by atoms with Crippen LogP contribution in [0.25, 0.3) is 0 Å². The van der Waals surface area contributed by atoms with E-state index in [-0.39, 0.29) is 11.7 Å². The molecular formula is C10H16N6O2. The third-order valence-corrected chi connectivity index (χ3v) is 3.06. The number of carbonyl (C=O) groups is 1. The van der Waals surface area contributed by atoms with E-state index in [1.165, 1.54) is 0 Å². The number of hydrogen-bond donors (Lipinski definition) is 3. The number of rotatable bonds is 5. The molecule has 0 spiro atoms. The van der Waals surface area contributed by atoms with Crippen molar-refractivity contribution in [3.05, 3.63) is 12.2 Å². The molecule has 0 unspecified atom stereocenters. The average Bonchev–Trinajstić information content (AvgIpc) is 3.07. The topological polar surface area (TPSA) is 118 Å². The van der Waals surface area contributed by atoms with Crippen LogP contribution >= 0.6 is 0 Å². The Labute approximate surface area is 104 Å². The number of hydrogen-bond acceptors (Lipinski definition) is 5. The number of nitrogens with zero attached hydrogens (tertiary/aromatic N) is 4. The van der Waals surface area contributed by atoms with Gasteiger partial charge < -0.3 is 16.3 Å². The molecular weight excluding hydrogens is 236 g/mol. The van der Waals surface area contributed by atoms with Crippen molar-refractivity contribution in [1.29, 1.82) is 0 Å². The first kappa shape index (κ1) is 12.3. The predicted octanol–water partition coefficient (Wildman–Crippen LogP) is -1.000. The number of nitrogens with one attached hydrogen (secondary N) is 1. The highest BCUT2D eigenvalue weighted by Crippen LogP contribution is 2.45. The molecule has 0 bridgehead atoms. The third-order valence-electron chi connectivity index (χ3n) is 3.06. The quantitative estimate of drug-likeness (QED) is 0.269. The highest BCUT2D eigenvalue weighted by molar-refractivity contribution is 6.09. The largest absolute Gasteiger partial charge is 0.409 e. The van der Waals surface area contributed by atoms with E-state index in [9.17, 15) is 4.79 Å². The summed E-state index contributed by atoms with van der Waals surface area (Å²) in [6.45, 7) is 0.434. The SMILES string of the molecule is Cn1cnc(CCNC(=O)C2(C(N)=NO)CC2)n1. The molecule has 1 fully saturated rings. The van der Waals surface area contributed by atoms with Crippen molar-refractivity contribution < 1.29 is 10.0 Å². The number of aromatic nitrogens is 3. The van der Waals surface area contributed by atoms with Gasteiger partial charge in [-0.1, -0.05) is 5.16 Å². The molecule has 1 saturated carbocycles. The molecule has 1 amide bonds. The highest BCUT2D eigenvalue weighted by Gasteiger charge is 2.54. The molecule has 0 aliphatic heterocycles. The monoisotopic (exact) mass is 252 g/mol. The van der Waals surface area contributed by atoms with E-state index in [1.807, 2.05) is 0 Å². The zero-order chi connectivity index (χ0) is 13.2. The minimum absolute atomic E-state index is 0.0176. The van der Waals surface area contributed by atoms with Gasteiger partial charge in [0.05, 0.1) is 0 Å². The molecule has 98 valence electrons. The lowest BCUT2D eigenvalue weighted by Crippen LogP contribution is -2.41. The molecule has 1 aromatic rings. The molecule has 4 N–H and O–H groups in total. The zero-order valence-corrected chi connectivity index (χ0v) is 10.1. The Morgan fingerprint density at radius 1 is 1.72 bits per heavy atom.